The van der Waals surface area contributed by atoms with Crippen LogP contribution < -0.4 is 9.47 Å². The number of nitrogens with zero attached hydrogens (tertiary/aromatic N) is 3. The van der Waals surface area contributed by atoms with E-state index < -0.39 is 0 Å². The maximum atomic E-state index is 5.50. The molecule has 1 aromatic carbocycles. The van der Waals surface area contributed by atoms with Crippen LogP contribution in [0.3, 0.4) is 0 Å². The Morgan fingerprint density at radius 2 is 1.95 bits per heavy atom. The van der Waals surface area contributed by atoms with E-state index >= 15 is 0 Å². The van der Waals surface area contributed by atoms with Crippen molar-refractivity contribution in [3.63, 3.8) is 0 Å². The predicted molar refractivity (Wildman–Crippen MR) is 79.1 cm³/mol. The normalized spacial score (nSPS) is 11.5. The van der Waals surface area contributed by atoms with Gasteiger partial charge in [-0.2, -0.15) is 4.99 Å². The minimum Gasteiger partial charge on any atom is -0.493 e. The van der Waals surface area contributed by atoms with Gasteiger partial charge in [0.25, 0.3) is 0 Å². The maximum Gasteiger partial charge on any atom is 0.343 e. The number of rotatable bonds is 4. The first kappa shape index (κ1) is 14.4. The summed E-state index contributed by atoms with van der Waals surface area (Å²) < 4.78 is 15.9. The van der Waals surface area contributed by atoms with Crippen molar-refractivity contribution in [2.24, 2.45) is 4.99 Å². The molecule has 0 spiro atoms. The molecule has 0 radical (unpaired) electrons. The van der Waals surface area contributed by atoms with Gasteiger partial charge in [0.05, 0.1) is 19.3 Å². The minimum absolute atomic E-state index is 0.238. The van der Waals surface area contributed by atoms with Crippen molar-refractivity contribution in [1.29, 1.82) is 0 Å². The quantitative estimate of drug-likeness (QED) is 0.637. The molecule has 2 aromatic rings. The van der Waals surface area contributed by atoms with Crippen molar-refractivity contribution in [2.75, 3.05) is 20.5 Å². The second-order valence-electron chi connectivity index (χ2n) is 3.79. The number of aromatic nitrogens is 2. The Kier molecular flexibility index (Phi) is 4.62. The summed E-state index contributed by atoms with van der Waals surface area (Å²) in [4.78, 5) is 4.18. The predicted octanol–water partition coefficient (Wildman–Crippen LogP) is 3.17. The van der Waals surface area contributed by atoms with Gasteiger partial charge in [-0.05, 0) is 31.4 Å². The monoisotopic (exact) mass is 293 g/mol. The van der Waals surface area contributed by atoms with E-state index in [0.717, 1.165) is 10.6 Å². The number of hydrogen-bond acceptors (Lipinski definition) is 7. The average molecular weight is 293 g/mol. The Hall–Kier alpha value is -2.02. The number of aliphatic imine (C=N–C) groups is 1. The van der Waals surface area contributed by atoms with E-state index in [0.29, 0.717) is 17.4 Å². The number of methoxy groups -OCH3 is 2. The van der Waals surface area contributed by atoms with Crippen LogP contribution in [-0.4, -0.2) is 35.7 Å². The zero-order valence-electron chi connectivity index (χ0n) is 11.7. The molecule has 0 atom stereocenters. The zero-order valence-corrected chi connectivity index (χ0v) is 12.5. The Balaban J connectivity index is 2.33. The van der Waals surface area contributed by atoms with Crippen molar-refractivity contribution in [1.82, 2.24) is 10.2 Å². The highest BCUT2D eigenvalue weighted by molar-refractivity contribution is 8.13. The third kappa shape index (κ3) is 3.11. The molecule has 0 saturated carbocycles. The molecule has 2 rings (SSSR count). The van der Waals surface area contributed by atoms with E-state index in [9.17, 15) is 0 Å². The fourth-order valence-corrected chi connectivity index (χ4v) is 1.70. The van der Waals surface area contributed by atoms with Gasteiger partial charge >= 0.3 is 6.01 Å². The summed E-state index contributed by atoms with van der Waals surface area (Å²) in [5.74, 6) is 1.64. The fraction of sp³-hybridized carbons (Fsp3) is 0.308. The first-order valence-corrected chi connectivity index (χ1v) is 7.05. The Bertz CT molecular complexity index is 625. The van der Waals surface area contributed by atoms with Gasteiger partial charge in [0.1, 0.15) is 0 Å². The number of thioether (sulfide) groups is 1. The summed E-state index contributed by atoms with van der Waals surface area (Å²) in [6.45, 7) is 1.88. The van der Waals surface area contributed by atoms with E-state index in [2.05, 4.69) is 15.2 Å². The molecule has 0 aliphatic heterocycles. The second-order valence-corrected chi connectivity index (χ2v) is 4.79. The van der Waals surface area contributed by atoms with Gasteiger partial charge in [0, 0.05) is 5.56 Å². The molecular formula is C13H15N3O3S. The van der Waals surface area contributed by atoms with Gasteiger partial charge in [-0.3, -0.25) is 0 Å². The molecule has 0 fully saturated rings. The van der Waals surface area contributed by atoms with Gasteiger partial charge in [-0.25, -0.2) is 0 Å². The molecule has 1 aromatic heterocycles. The fourth-order valence-electron chi connectivity index (χ4n) is 1.53. The number of hydrogen-bond donors (Lipinski definition) is 0. The van der Waals surface area contributed by atoms with Crippen LogP contribution in [0.4, 0.5) is 6.01 Å². The largest absolute Gasteiger partial charge is 0.493 e. The molecule has 0 aliphatic carbocycles. The van der Waals surface area contributed by atoms with E-state index in [1.165, 1.54) is 11.8 Å². The van der Waals surface area contributed by atoms with Crippen LogP contribution >= 0.6 is 11.8 Å². The molecule has 0 amide bonds. The molecule has 0 aliphatic rings. The van der Waals surface area contributed by atoms with Gasteiger partial charge in [-0.15, -0.1) is 16.9 Å². The van der Waals surface area contributed by atoms with Crippen molar-refractivity contribution >= 4 is 22.8 Å². The summed E-state index contributed by atoms with van der Waals surface area (Å²) in [6.07, 6.45) is 1.93. The minimum atomic E-state index is 0.238. The van der Waals surface area contributed by atoms with Crippen molar-refractivity contribution in [3.8, 4) is 23.0 Å². The third-order valence-electron chi connectivity index (χ3n) is 2.59. The molecule has 6 nitrogen and oxygen atoms in total. The lowest BCUT2D eigenvalue weighted by Gasteiger charge is -2.07. The number of benzene rings is 1. The highest BCUT2D eigenvalue weighted by Crippen LogP contribution is 2.32. The van der Waals surface area contributed by atoms with E-state index in [-0.39, 0.29) is 6.01 Å². The first-order valence-electron chi connectivity index (χ1n) is 5.83. The average Bonchev–Trinajstić information content (AvgIpc) is 2.94. The van der Waals surface area contributed by atoms with E-state index in [1.807, 2.05) is 19.2 Å². The summed E-state index contributed by atoms with van der Waals surface area (Å²) in [7, 11) is 3.16. The van der Waals surface area contributed by atoms with E-state index in [1.54, 1.807) is 26.4 Å². The molecule has 0 saturated heterocycles. The van der Waals surface area contributed by atoms with Gasteiger partial charge in [0.2, 0.25) is 5.89 Å². The molecule has 7 heteroatoms. The van der Waals surface area contributed by atoms with Crippen LogP contribution in [0.25, 0.3) is 11.5 Å². The molecular weight excluding hydrogens is 278 g/mol. The SMILES string of the molecule is COc1ccc(-c2nnc(N=C(C)SC)o2)cc1OC. The maximum absolute atomic E-state index is 5.50. The zero-order chi connectivity index (χ0) is 14.5. The van der Waals surface area contributed by atoms with Crippen molar-refractivity contribution < 1.29 is 13.9 Å². The molecule has 0 unspecified atom stereocenters. The van der Waals surface area contributed by atoms with Gasteiger partial charge in [-0.1, -0.05) is 5.10 Å². The highest BCUT2D eigenvalue weighted by atomic mass is 32.2. The van der Waals surface area contributed by atoms with Gasteiger partial charge in [0.15, 0.2) is 11.5 Å². The van der Waals surface area contributed by atoms with Gasteiger partial charge < -0.3 is 13.9 Å². The van der Waals surface area contributed by atoms with Crippen LogP contribution in [0.1, 0.15) is 6.92 Å². The summed E-state index contributed by atoms with van der Waals surface area (Å²) in [6, 6.07) is 5.63. The van der Waals surface area contributed by atoms with Crippen LogP contribution in [0.2, 0.25) is 0 Å². The topological polar surface area (TPSA) is 69.7 Å². The smallest absolute Gasteiger partial charge is 0.343 e. The third-order valence-corrected chi connectivity index (χ3v) is 3.28. The molecule has 20 heavy (non-hydrogen) atoms. The Labute approximate surface area is 121 Å². The Morgan fingerprint density at radius 1 is 1.20 bits per heavy atom. The molecule has 1 heterocycles. The molecule has 0 bridgehead atoms. The molecule has 106 valence electrons. The Morgan fingerprint density at radius 3 is 2.60 bits per heavy atom. The highest BCUT2D eigenvalue weighted by Gasteiger charge is 2.11. The van der Waals surface area contributed by atoms with Crippen LogP contribution in [0.15, 0.2) is 27.6 Å². The lowest BCUT2D eigenvalue weighted by Crippen LogP contribution is -1.90. The van der Waals surface area contributed by atoms with Crippen molar-refractivity contribution in [3.05, 3.63) is 18.2 Å². The van der Waals surface area contributed by atoms with E-state index in [4.69, 9.17) is 13.9 Å². The standard InChI is InChI=1S/C13H15N3O3S/c1-8(20-4)14-13-16-15-12(19-13)9-5-6-10(17-2)11(7-9)18-3/h5-7H,1-4H3. The summed E-state index contributed by atoms with van der Waals surface area (Å²) in [5, 5.41) is 8.72. The van der Waals surface area contributed by atoms with Crippen LogP contribution in [0, 0.1) is 0 Å². The second kappa shape index (κ2) is 6.42. The van der Waals surface area contributed by atoms with Crippen LogP contribution in [0.5, 0.6) is 11.5 Å². The lowest BCUT2D eigenvalue weighted by atomic mass is 10.2. The molecule has 0 N–H and O–H groups in total. The number of ether oxygens (including phenoxy) is 2. The lowest BCUT2D eigenvalue weighted by molar-refractivity contribution is 0.355. The van der Waals surface area contributed by atoms with Crippen LogP contribution in [-0.2, 0) is 0 Å². The summed E-state index contributed by atoms with van der Waals surface area (Å²) in [5.41, 5.74) is 0.749. The summed E-state index contributed by atoms with van der Waals surface area (Å²) >= 11 is 1.52. The van der Waals surface area contributed by atoms with Crippen molar-refractivity contribution in [2.45, 2.75) is 6.92 Å². The first-order chi connectivity index (χ1) is 9.67.